The molecule has 0 nitrogen and oxygen atoms in total. The molecule has 0 saturated heterocycles. The van der Waals surface area contributed by atoms with Crippen LogP contribution in [0.2, 0.25) is 0 Å². The summed E-state index contributed by atoms with van der Waals surface area (Å²) in [7, 11) is 0. The zero-order valence-corrected chi connectivity index (χ0v) is 8.96. The highest BCUT2D eigenvalue weighted by molar-refractivity contribution is 6.27. The van der Waals surface area contributed by atoms with Crippen LogP contribution in [-0.4, -0.2) is 11.8 Å². The van der Waals surface area contributed by atoms with Crippen LogP contribution in [0.3, 0.4) is 0 Å². The van der Waals surface area contributed by atoms with Crippen molar-refractivity contribution in [3.63, 3.8) is 0 Å². The quantitative estimate of drug-likeness (QED) is 0.376. The third-order valence-corrected chi connectivity index (χ3v) is 2.19. The van der Waals surface area contributed by atoms with E-state index in [9.17, 15) is 0 Å². The second-order valence-electron chi connectivity index (χ2n) is 2.25. The third-order valence-electron chi connectivity index (χ3n) is 1.26. The molecule has 0 amide bonds. The second-order valence-corrected chi connectivity index (χ2v) is 3.00. The lowest BCUT2D eigenvalue weighted by Gasteiger charge is -1.99. The summed E-state index contributed by atoms with van der Waals surface area (Å²) >= 11 is 16.8. The number of hydrogen-bond donors (Lipinski definition) is 0. The summed E-state index contributed by atoms with van der Waals surface area (Å²) < 4.78 is 0. The largest absolute Gasteiger partial charge is 0.122 e. The Morgan fingerprint density at radius 2 is 1.92 bits per heavy atom. The molecule has 0 unspecified atom stereocenters. The molecule has 3 heteroatoms. The van der Waals surface area contributed by atoms with Gasteiger partial charge in [-0.1, -0.05) is 29.3 Å². The molecule has 68 valence electrons. The summed E-state index contributed by atoms with van der Waals surface area (Å²) in [5, 5.41) is 0. The van der Waals surface area contributed by atoms with E-state index in [2.05, 4.69) is 6.58 Å². The lowest BCUT2D eigenvalue weighted by molar-refractivity contribution is 1.21. The number of alkyl halides is 2. The van der Waals surface area contributed by atoms with E-state index >= 15 is 0 Å². The summed E-state index contributed by atoms with van der Waals surface area (Å²) in [6.07, 6.45) is 4.47. The Bertz CT molecular complexity index is 192. The van der Waals surface area contributed by atoms with Crippen LogP contribution in [0.1, 0.15) is 6.42 Å². The summed E-state index contributed by atoms with van der Waals surface area (Å²) in [4.78, 5) is 0. The highest BCUT2D eigenvalue weighted by atomic mass is 35.5. The van der Waals surface area contributed by atoms with Gasteiger partial charge in [-0.25, -0.2) is 0 Å². The van der Waals surface area contributed by atoms with Gasteiger partial charge in [0.1, 0.15) is 0 Å². The Balaban J connectivity index is 4.34. The minimum atomic E-state index is 0.404. The topological polar surface area (TPSA) is 0 Å². The number of hydrogen-bond acceptors (Lipinski definition) is 0. The standard InChI is InChI=1S/C9H11Cl3/c1-2-3-8(5-10)4-9(6-11)7-12/h2,4,6H,1,3,5,7H2/b8-4-,9-6-. The van der Waals surface area contributed by atoms with Crippen LogP contribution in [0.4, 0.5) is 0 Å². The Hall–Kier alpha value is 0.0900. The smallest absolute Gasteiger partial charge is 0.0482 e. The van der Waals surface area contributed by atoms with E-state index in [1.165, 1.54) is 5.54 Å². The molecule has 0 saturated carbocycles. The van der Waals surface area contributed by atoms with E-state index in [1.54, 1.807) is 6.08 Å². The number of allylic oxidation sites excluding steroid dienone is 4. The average Bonchev–Trinajstić information content (AvgIpc) is 2.12. The van der Waals surface area contributed by atoms with Crippen molar-refractivity contribution < 1.29 is 0 Å². The Morgan fingerprint density at radius 3 is 2.25 bits per heavy atom. The van der Waals surface area contributed by atoms with Crippen molar-refractivity contribution in [2.75, 3.05) is 11.8 Å². The first-order chi connectivity index (χ1) is 5.78. The van der Waals surface area contributed by atoms with E-state index in [4.69, 9.17) is 34.8 Å². The zero-order valence-electron chi connectivity index (χ0n) is 6.69. The van der Waals surface area contributed by atoms with Crippen molar-refractivity contribution in [2.24, 2.45) is 0 Å². The molecule has 0 aromatic carbocycles. The molecule has 0 aromatic rings. The fourth-order valence-electron chi connectivity index (χ4n) is 0.699. The van der Waals surface area contributed by atoms with Gasteiger partial charge in [0, 0.05) is 17.3 Å². The molecule has 12 heavy (non-hydrogen) atoms. The van der Waals surface area contributed by atoms with Crippen LogP contribution in [0.15, 0.2) is 35.4 Å². The molecule has 0 bridgehead atoms. The van der Waals surface area contributed by atoms with Gasteiger partial charge in [-0.2, -0.15) is 0 Å². The molecule has 0 atom stereocenters. The lowest BCUT2D eigenvalue weighted by atomic mass is 10.1. The molecule has 0 aliphatic heterocycles. The minimum absolute atomic E-state index is 0.404. The van der Waals surface area contributed by atoms with Gasteiger partial charge in [-0.3, -0.25) is 0 Å². The molecular weight excluding hydrogens is 214 g/mol. The Morgan fingerprint density at radius 1 is 1.25 bits per heavy atom. The maximum Gasteiger partial charge on any atom is 0.0482 e. The highest BCUT2D eigenvalue weighted by Crippen LogP contribution is 2.11. The van der Waals surface area contributed by atoms with Gasteiger partial charge in [0.2, 0.25) is 0 Å². The molecule has 0 rings (SSSR count). The molecule has 0 aliphatic carbocycles. The summed E-state index contributed by atoms with van der Waals surface area (Å²) in [6.45, 7) is 3.62. The predicted molar refractivity (Wildman–Crippen MR) is 58.3 cm³/mol. The van der Waals surface area contributed by atoms with E-state index < -0.39 is 0 Å². The minimum Gasteiger partial charge on any atom is -0.122 e. The number of halogens is 3. The van der Waals surface area contributed by atoms with Gasteiger partial charge in [0.15, 0.2) is 0 Å². The van der Waals surface area contributed by atoms with Crippen molar-refractivity contribution >= 4 is 34.8 Å². The average molecular weight is 226 g/mol. The molecule has 0 fully saturated rings. The molecule has 0 N–H and O–H groups in total. The molecule has 0 radical (unpaired) electrons. The highest BCUT2D eigenvalue weighted by Gasteiger charge is 1.95. The van der Waals surface area contributed by atoms with Crippen molar-refractivity contribution in [2.45, 2.75) is 6.42 Å². The van der Waals surface area contributed by atoms with Crippen molar-refractivity contribution in [1.29, 1.82) is 0 Å². The van der Waals surface area contributed by atoms with Crippen molar-refractivity contribution in [3.8, 4) is 0 Å². The van der Waals surface area contributed by atoms with Gasteiger partial charge in [-0.05, 0) is 12.0 Å². The first kappa shape index (κ1) is 12.1. The predicted octanol–water partition coefficient (Wildman–Crippen LogP) is 4.09. The van der Waals surface area contributed by atoms with Crippen LogP contribution in [0.25, 0.3) is 0 Å². The zero-order chi connectivity index (χ0) is 9.40. The summed E-state index contributed by atoms with van der Waals surface area (Å²) in [5.74, 6) is 0.887. The Labute approximate surface area is 88.5 Å². The van der Waals surface area contributed by atoms with E-state index in [0.29, 0.717) is 11.8 Å². The molecular formula is C9H11Cl3. The van der Waals surface area contributed by atoms with E-state index in [-0.39, 0.29) is 0 Å². The first-order valence-corrected chi connectivity index (χ1v) is 5.00. The maximum atomic E-state index is 5.67. The fourth-order valence-corrected chi connectivity index (χ4v) is 1.26. The van der Waals surface area contributed by atoms with Gasteiger partial charge >= 0.3 is 0 Å². The van der Waals surface area contributed by atoms with Gasteiger partial charge in [0.05, 0.1) is 0 Å². The third kappa shape index (κ3) is 4.87. The molecule has 0 heterocycles. The summed E-state index contributed by atoms with van der Waals surface area (Å²) in [5.41, 5.74) is 3.40. The normalized spacial score (nSPS) is 13.2. The van der Waals surface area contributed by atoms with Gasteiger partial charge in [-0.15, -0.1) is 29.8 Å². The molecule has 0 aliphatic rings. The monoisotopic (exact) mass is 224 g/mol. The SMILES string of the molecule is C=CC/C(=C/C(=C/Cl)CCl)CCl. The van der Waals surface area contributed by atoms with Crippen LogP contribution in [-0.2, 0) is 0 Å². The number of rotatable bonds is 5. The van der Waals surface area contributed by atoms with Gasteiger partial charge in [0.25, 0.3) is 0 Å². The van der Waals surface area contributed by atoms with E-state index in [0.717, 1.165) is 17.6 Å². The lowest BCUT2D eigenvalue weighted by Crippen LogP contribution is -1.86. The molecule has 0 aromatic heterocycles. The second kappa shape index (κ2) is 7.72. The van der Waals surface area contributed by atoms with Gasteiger partial charge < -0.3 is 0 Å². The van der Waals surface area contributed by atoms with Crippen LogP contribution < -0.4 is 0 Å². The molecule has 0 spiro atoms. The first-order valence-electron chi connectivity index (χ1n) is 3.50. The van der Waals surface area contributed by atoms with Crippen molar-refractivity contribution in [1.82, 2.24) is 0 Å². The van der Waals surface area contributed by atoms with Crippen LogP contribution in [0, 0.1) is 0 Å². The summed E-state index contributed by atoms with van der Waals surface area (Å²) in [6, 6.07) is 0. The van der Waals surface area contributed by atoms with Crippen LogP contribution >= 0.6 is 34.8 Å². The van der Waals surface area contributed by atoms with Crippen molar-refractivity contribution in [3.05, 3.63) is 35.4 Å². The maximum absolute atomic E-state index is 5.67. The van der Waals surface area contributed by atoms with Crippen LogP contribution in [0.5, 0.6) is 0 Å². The van der Waals surface area contributed by atoms with E-state index in [1.807, 2.05) is 6.08 Å². The fraction of sp³-hybridized carbons (Fsp3) is 0.333. The Kier molecular flexibility index (Phi) is 7.78.